The second-order valence-corrected chi connectivity index (χ2v) is 8.87. The summed E-state index contributed by atoms with van der Waals surface area (Å²) in [6.07, 6.45) is 2.30. The molecule has 3 rings (SSSR count). The van der Waals surface area contributed by atoms with Crippen molar-refractivity contribution in [2.75, 3.05) is 63.9 Å². The second-order valence-electron chi connectivity index (χ2n) is 8.87. The monoisotopic (exact) mass is 432 g/mol. The van der Waals surface area contributed by atoms with E-state index in [-0.39, 0.29) is 12.2 Å². The van der Waals surface area contributed by atoms with E-state index in [2.05, 4.69) is 59.2 Å². The smallest absolute Gasteiger partial charge is 0.191 e. The predicted molar refractivity (Wildman–Crippen MR) is 126 cm³/mol. The van der Waals surface area contributed by atoms with E-state index in [1.807, 2.05) is 12.3 Å². The van der Waals surface area contributed by atoms with E-state index in [0.29, 0.717) is 12.5 Å². The Hall–Kier alpha value is -1.90. The van der Waals surface area contributed by atoms with Crippen LogP contribution in [0.4, 0.5) is 5.82 Å². The van der Waals surface area contributed by atoms with E-state index in [1.54, 1.807) is 0 Å². The van der Waals surface area contributed by atoms with E-state index in [9.17, 15) is 0 Å². The average Bonchev–Trinajstić information content (AvgIpc) is 2.76. The van der Waals surface area contributed by atoms with Crippen molar-refractivity contribution in [1.82, 2.24) is 20.5 Å². The maximum atomic E-state index is 5.96. The summed E-state index contributed by atoms with van der Waals surface area (Å²) in [5, 5.41) is 6.81. The summed E-state index contributed by atoms with van der Waals surface area (Å²) >= 11 is 0. The molecule has 2 aliphatic heterocycles. The molecule has 2 unspecified atom stereocenters. The Morgan fingerprint density at radius 3 is 2.84 bits per heavy atom. The van der Waals surface area contributed by atoms with Gasteiger partial charge in [0, 0.05) is 52.0 Å². The van der Waals surface area contributed by atoms with E-state index in [4.69, 9.17) is 14.5 Å². The number of aromatic nitrogens is 1. The van der Waals surface area contributed by atoms with Crippen molar-refractivity contribution in [2.24, 2.45) is 10.9 Å². The Morgan fingerprint density at radius 2 is 2.06 bits per heavy atom. The summed E-state index contributed by atoms with van der Waals surface area (Å²) in [5.41, 5.74) is 1.15. The minimum Gasteiger partial charge on any atom is -0.375 e. The first-order chi connectivity index (χ1) is 15.0. The van der Waals surface area contributed by atoms with E-state index in [1.165, 1.54) is 0 Å². The van der Waals surface area contributed by atoms with Crippen LogP contribution < -0.4 is 15.5 Å². The largest absolute Gasteiger partial charge is 0.375 e. The molecule has 0 amide bonds. The minimum atomic E-state index is 0.187. The van der Waals surface area contributed by atoms with Crippen LogP contribution in [0.15, 0.2) is 23.3 Å². The van der Waals surface area contributed by atoms with Crippen molar-refractivity contribution >= 4 is 11.8 Å². The van der Waals surface area contributed by atoms with Crippen LogP contribution in [0.25, 0.3) is 0 Å². The minimum absolute atomic E-state index is 0.187. The maximum Gasteiger partial charge on any atom is 0.191 e. The molecule has 0 saturated carbocycles. The first-order valence-corrected chi connectivity index (χ1v) is 11.7. The maximum absolute atomic E-state index is 5.96. The molecule has 2 saturated heterocycles. The van der Waals surface area contributed by atoms with Crippen LogP contribution in [0, 0.1) is 5.92 Å². The molecule has 8 heteroatoms. The number of rotatable bonds is 8. The van der Waals surface area contributed by atoms with Crippen molar-refractivity contribution in [3.63, 3.8) is 0 Å². The summed E-state index contributed by atoms with van der Waals surface area (Å²) in [7, 11) is 0. The third-order valence-electron chi connectivity index (χ3n) is 5.48. The molecule has 1 aromatic heterocycles. The number of guanidine groups is 1. The fourth-order valence-electron chi connectivity index (χ4n) is 4.07. The molecule has 0 aliphatic carbocycles. The molecule has 174 valence electrons. The lowest BCUT2D eigenvalue weighted by Crippen LogP contribution is -2.50. The van der Waals surface area contributed by atoms with Crippen LogP contribution in [-0.4, -0.2) is 87.1 Å². The van der Waals surface area contributed by atoms with E-state index in [0.717, 1.165) is 76.4 Å². The second kappa shape index (κ2) is 12.2. The Labute approximate surface area is 187 Å². The summed E-state index contributed by atoms with van der Waals surface area (Å²) < 4.78 is 11.6. The number of anilines is 1. The van der Waals surface area contributed by atoms with Gasteiger partial charge in [-0.05, 0) is 37.5 Å². The molecule has 2 fully saturated rings. The Morgan fingerprint density at radius 1 is 1.23 bits per heavy atom. The molecule has 0 spiro atoms. The topological polar surface area (TPSA) is 74.2 Å². The van der Waals surface area contributed by atoms with Crippen LogP contribution in [0.3, 0.4) is 0 Å². The molecule has 31 heavy (non-hydrogen) atoms. The van der Waals surface area contributed by atoms with Gasteiger partial charge < -0.3 is 25.0 Å². The Balaban J connectivity index is 1.54. The summed E-state index contributed by atoms with van der Waals surface area (Å²) in [4.78, 5) is 14.1. The van der Waals surface area contributed by atoms with Crippen molar-refractivity contribution < 1.29 is 9.47 Å². The number of nitrogens with one attached hydrogen (secondary N) is 2. The van der Waals surface area contributed by atoms with Gasteiger partial charge in [0.25, 0.3) is 0 Å². The van der Waals surface area contributed by atoms with Gasteiger partial charge in [-0.15, -0.1) is 0 Å². The standard InChI is InChI=1S/C23H40N6O2/c1-5-24-23(27-14-21-17-28(8-10-31-21)15-18(2)3)26-13-20-6-7-25-22(12-20)29-9-11-30-19(4)16-29/h6-7,12,18-19,21H,5,8-11,13-17H2,1-4H3,(H2,24,26,27). The van der Waals surface area contributed by atoms with Crippen molar-refractivity contribution in [2.45, 2.75) is 46.4 Å². The predicted octanol–water partition coefficient (Wildman–Crippen LogP) is 1.72. The fourth-order valence-corrected chi connectivity index (χ4v) is 4.07. The number of hydrogen-bond acceptors (Lipinski definition) is 6. The molecular weight excluding hydrogens is 392 g/mol. The molecule has 8 nitrogen and oxygen atoms in total. The average molecular weight is 433 g/mol. The molecule has 2 atom stereocenters. The third kappa shape index (κ3) is 7.94. The van der Waals surface area contributed by atoms with E-state index >= 15 is 0 Å². The van der Waals surface area contributed by atoms with Crippen LogP contribution in [0.2, 0.25) is 0 Å². The first kappa shape index (κ1) is 23.8. The third-order valence-corrected chi connectivity index (χ3v) is 5.48. The lowest BCUT2D eigenvalue weighted by Gasteiger charge is -2.34. The molecule has 3 heterocycles. The molecule has 0 radical (unpaired) electrons. The molecule has 0 aromatic carbocycles. The summed E-state index contributed by atoms with van der Waals surface area (Å²) in [6.45, 7) is 17.3. The highest BCUT2D eigenvalue weighted by atomic mass is 16.5. The van der Waals surface area contributed by atoms with Gasteiger partial charge in [0.1, 0.15) is 5.82 Å². The zero-order valence-corrected chi connectivity index (χ0v) is 19.6. The highest BCUT2D eigenvalue weighted by molar-refractivity contribution is 5.79. The normalized spacial score (nSPS) is 23.3. The van der Waals surface area contributed by atoms with Gasteiger partial charge in [-0.1, -0.05) is 13.8 Å². The van der Waals surface area contributed by atoms with Crippen LogP contribution in [0.1, 0.15) is 33.3 Å². The first-order valence-electron chi connectivity index (χ1n) is 11.7. The van der Waals surface area contributed by atoms with Crippen LogP contribution >= 0.6 is 0 Å². The van der Waals surface area contributed by atoms with Crippen LogP contribution in [-0.2, 0) is 16.0 Å². The number of morpholine rings is 2. The lowest BCUT2D eigenvalue weighted by atomic mass is 10.2. The zero-order chi connectivity index (χ0) is 22.1. The molecule has 2 aliphatic rings. The summed E-state index contributed by atoms with van der Waals surface area (Å²) in [5.74, 6) is 2.50. The van der Waals surface area contributed by atoms with Gasteiger partial charge in [0.2, 0.25) is 0 Å². The van der Waals surface area contributed by atoms with E-state index < -0.39 is 0 Å². The van der Waals surface area contributed by atoms with Gasteiger partial charge >= 0.3 is 0 Å². The number of hydrogen-bond donors (Lipinski definition) is 2. The SMILES string of the molecule is CCNC(=NCc1ccnc(N2CCOC(C)C2)c1)NCC1CN(CC(C)C)CCO1. The van der Waals surface area contributed by atoms with Crippen molar-refractivity contribution in [1.29, 1.82) is 0 Å². The zero-order valence-electron chi connectivity index (χ0n) is 19.6. The molecule has 1 aromatic rings. The quantitative estimate of drug-likeness (QED) is 0.479. The number of ether oxygens (including phenoxy) is 2. The van der Waals surface area contributed by atoms with Gasteiger partial charge in [-0.2, -0.15) is 0 Å². The lowest BCUT2D eigenvalue weighted by molar-refractivity contribution is -0.0284. The molecule has 2 N–H and O–H groups in total. The van der Waals surface area contributed by atoms with Gasteiger partial charge in [-0.3, -0.25) is 4.90 Å². The van der Waals surface area contributed by atoms with Gasteiger partial charge in [0.05, 0.1) is 32.0 Å². The highest BCUT2D eigenvalue weighted by Crippen LogP contribution is 2.17. The highest BCUT2D eigenvalue weighted by Gasteiger charge is 2.21. The summed E-state index contributed by atoms with van der Waals surface area (Å²) in [6, 6.07) is 4.17. The van der Waals surface area contributed by atoms with Crippen molar-refractivity contribution in [3.8, 4) is 0 Å². The fraction of sp³-hybridized carbons (Fsp3) is 0.739. The molecular formula is C23H40N6O2. The van der Waals surface area contributed by atoms with Gasteiger partial charge in [0.15, 0.2) is 5.96 Å². The molecule has 0 bridgehead atoms. The number of nitrogens with zero attached hydrogens (tertiary/aromatic N) is 4. The van der Waals surface area contributed by atoms with Gasteiger partial charge in [-0.25, -0.2) is 9.98 Å². The number of aliphatic imine (C=N–C) groups is 1. The number of pyridine rings is 1. The van der Waals surface area contributed by atoms with Crippen LogP contribution in [0.5, 0.6) is 0 Å². The Kier molecular flexibility index (Phi) is 9.36. The Bertz CT molecular complexity index is 698. The van der Waals surface area contributed by atoms with Crippen molar-refractivity contribution in [3.05, 3.63) is 23.9 Å².